The highest BCUT2D eigenvalue weighted by Crippen LogP contribution is 2.32. The molecule has 1 fully saturated rings. The number of rotatable bonds is 4. The molecule has 0 saturated heterocycles. The summed E-state index contributed by atoms with van der Waals surface area (Å²) in [4.78, 5) is 2.13. The number of anilines is 1. The van der Waals surface area contributed by atoms with Crippen LogP contribution in [0.2, 0.25) is 0 Å². The lowest BCUT2D eigenvalue weighted by molar-refractivity contribution is 0.0464. The molecule has 2 rings (SSSR count). The minimum absolute atomic E-state index is 0.138. The Labute approximate surface area is 114 Å². The van der Waals surface area contributed by atoms with Gasteiger partial charge in [0.1, 0.15) is 5.82 Å². The fraction of sp³-hybridized carbons (Fsp3) is 0.600. The first-order valence-corrected chi connectivity index (χ1v) is 6.83. The first-order valence-electron chi connectivity index (χ1n) is 6.83. The van der Waals surface area contributed by atoms with Crippen LogP contribution >= 0.6 is 0 Å². The molecule has 0 bridgehead atoms. The van der Waals surface area contributed by atoms with Gasteiger partial charge < -0.3 is 15.7 Å². The third kappa shape index (κ3) is 3.07. The van der Waals surface area contributed by atoms with Crippen LogP contribution in [-0.4, -0.2) is 24.8 Å². The van der Waals surface area contributed by atoms with Gasteiger partial charge in [0.25, 0.3) is 0 Å². The van der Waals surface area contributed by atoms with Gasteiger partial charge in [0, 0.05) is 25.3 Å². The molecular weight excluding hydrogens is 243 g/mol. The molecule has 0 spiro atoms. The third-order valence-corrected chi connectivity index (χ3v) is 3.95. The van der Waals surface area contributed by atoms with Crippen LogP contribution in [0, 0.1) is 18.7 Å². The highest BCUT2D eigenvalue weighted by Gasteiger charge is 2.28. The Balaban J connectivity index is 2.19. The van der Waals surface area contributed by atoms with Gasteiger partial charge in [0.05, 0.1) is 6.10 Å². The molecule has 0 radical (unpaired) electrons. The normalized spacial score (nSPS) is 23.9. The molecule has 0 aromatic heterocycles. The summed E-state index contributed by atoms with van der Waals surface area (Å²) >= 11 is 0. The van der Waals surface area contributed by atoms with Gasteiger partial charge in [-0.15, -0.1) is 0 Å². The van der Waals surface area contributed by atoms with Crippen LogP contribution < -0.4 is 10.6 Å². The highest BCUT2D eigenvalue weighted by molar-refractivity contribution is 5.56. The summed E-state index contributed by atoms with van der Waals surface area (Å²) in [6.45, 7) is 4.52. The SMILES string of the molecule is Cc1cc(N(C)CC2CC(O)C2)c([C@@H](C)N)cc1F. The molecule has 1 aromatic rings. The minimum Gasteiger partial charge on any atom is -0.393 e. The maximum absolute atomic E-state index is 13.7. The van der Waals surface area contributed by atoms with Crippen molar-refractivity contribution in [2.45, 2.75) is 38.8 Å². The van der Waals surface area contributed by atoms with Crippen LogP contribution in [0.4, 0.5) is 10.1 Å². The molecule has 1 aliphatic rings. The molecule has 1 atom stereocenters. The molecule has 0 amide bonds. The first-order chi connectivity index (χ1) is 8.88. The molecule has 0 unspecified atom stereocenters. The Hall–Kier alpha value is -1.13. The average Bonchev–Trinajstić information content (AvgIpc) is 2.29. The Morgan fingerprint density at radius 3 is 2.63 bits per heavy atom. The van der Waals surface area contributed by atoms with Gasteiger partial charge in [-0.2, -0.15) is 0 Å². The molecule has 0 aliphatic heterocycles. The molecular formula is C15H23FN2O. The van der Waals surface area contributed by atoms with E-state index in [0.29, 0.717) is 11.5 Å². The summed E-state index contributed by atoms with van der Waals surface area (Å²) in [7, 11) is 2.00. The van der Waals surface area contributed by atoms with E-state index in [2.05, 4.69) is 4.90 Å². The van der Waals surface area contributed by atoms with E-state index in [4.69, 9.17) is 5.73 Å². The van der Waals surface area contributed by atoms with Gasteiger partial charge in [-0.05, 0) is 55.9 Å². The van der Waals surface area contributed by atoms with E-state index >= 15 is 0 Å². The fourth-order valence-corrected chi connectivity index (χ4v) is 2.71. The molecule has 1 aliphatic carbocycles. The predicted octanol–water partition coefficient (Wildman–Crippen LogP) is 2.36. The number of nitrogens with zero attached hydrogens (tertiary/aromatic N) is 1. The zero-order chi connectivity index (χ0) is 14.2. The standard InChI is InChI=1S/C15H23FN2O/c1-9-4-15(13(10(2)17)7-14(9)16)18(3)8-11-5-12(19)6-11/h4,7,10-12,19H,5-6,8,17H2,1-3H3/t10-,11?,12?/m1/s1. The second-order valence-electron chi connectivity index (χ2n) is 5.82. The quantitative estimate of drug-likeness (QED) is 0.879. The predicted molar refractivity (Wildman–Crippen MR) is 75.7 cm³/mol. The first kappa shape index (κ1) is 14.3. The minimum atomic E-state index is -0.205. The van der Waals surface area contributed by atoms with E-state index < -0.39 is 0 Å². The second-order valence-corrected chi connectivity index (χ2v) is 5.82. The Bertz CT molecular complexity index is 456. The molecule has 3 N–H and O–H groups in total. The Kier molecular flexibility index (Phi) is 4.11. The monoisotopic (exact) mass is 266 g/mol. The lowest BCUT2D eigenvalue weighted by Crippen LogP contribution is -2.37. The van der Waals surface area contributed by atoms with Crippen molar-refractivity contribution in [1.29, 1.82) is 0 Å². The Morgan fingerprint density at radius 1 is 1.47 bits per heavy atom. The van der Waals surface area contributed by atoms with Crippen molar-refractivity contribution in [3.63, 3.8) is 0 Å². The van der Waals surface area contributed by atoms with Gasteiger partial charge in [-0.25, -0.2) is 4.39 Å². The van der Waals surface area contributed by atoms with Crippen molar-refractivity contribution in [3.8, 4) is 0 Å². The molecule has 1 saturated carbocycles. The number of aliphatic hydroxyl groups excluding tert-OH is 1. The number of hydrogen-bond acceptors (Lipinski definition) is 3. The lowest BCUT2D eigenvalue weighted by Gasteiger charge is -2.36. The van der Waals surface area contributed by atoms with Crippen molar-refractivity contribution < 1.29 is 9.50 Å². The maximum Gasteiger partial charge on any atom is 0.126 e. The summed E-state index contributed by atoms with van der Waals surface area (Å²) in [5.74, 6) is 0.315. The average molecular weight is 266 g/mol. The van der Waals surface area contributed by atoms with Crippen molar-refractivity contribution in [2.24, 2.45) is 11.7 Å². The number of benzene rings is 1. The van der Waals surface area contributed by atoms with E-state index in [9.17, 15) is 9.50 Å². The van der Waals surface area contributed by atoms with E-state index in [1.165, 1.54) is 0 Å². The van der Waals surface area contributed by atoms with Crippen LogP contribution in [0.15, 0.2) is 12.1 Å². The number of halogens is 1. The topological polar surface area (TPSA) is 49.5 Å². The fourth-order valence-electron chi connectivity index (χ4n) is 2.71. The van der Waals surface area contributed by atoms with Gasteiger partial charge in [-0.1, -0.05) is 0 Å². The van der Waals surface area contributed by atoms with E-state index in [1.807, 2.05) is 20.0 Å². The largest absolute Gasteiger partial charge is 0.393 e. The second kappa shape index (κ2) is 5.47. The van der Waals surface area contributed by atoms with E-state index in [0.717, 1.165) is 30.6 Å². The summed E-state index contributed by atoms with van der Waals surface area (Å²) in [6, 6.07) is 3.21. The van der Waals surface area contributed by atoms with E-state index in [-0.39, 0.29) is 18.0 Å². The van der Waals surface area contributed by atoms with E-state index in [1.54, 1.807) is 13.0 Å². The highest BCUT2D eigenvalue weighted by atomic mass is 19.1. The summed E-state index contributed by atoms with van der Waals surface area (Å²) in [6.07, 6.45) is 1.58. The number of hydrogen-bond donors (Lipinski definition) is 2. The van der Waals surface area contributed by atoms with Crippen molar-refractivity contribution in [1.82, 2.24) is 0 Å². The number of nitrogens with two attached hydrogens (primary N) is 1. The van der Waals surface area contributed by atoms with Crippen LogP contribution in [0.3, 0.4) is 0 Å². The number of aryl methyl sites for hydroxylation is 1. The van der Waals surface area contributed by atoms with Crippen molar-refractivity contribution in [3.05, 3.63) is 29.1 Å². The van der Waals surface area contributed by atoms with Gasteiger partial charge in [-0.3, -0.25) is 0 Å². The number of aliphatic hydroxyl groups is 1. The zero-order valence-electron chi connectivity index (χ0n) is 11.9. The Morgan fingerprint density at radius 2 is 2.11 bits per heavy atom. The molecule has 4 heteroatoms. The van der Waals surface area contributed by atoms with Gasteiger partial charge in [0.2, 0.25) is 0 Å². The molecule has 0 heterocycles. The molecule has 1 aromatic carbocycles. The lowest BCUT2D eigenvalue weighted by atomic mass is 9.82. The zero-order valence-corrected chi connectivity index (χ0v) is 11.9. The van der Waals surface area contributed by atoms with Crippen molar-refractivity contribution in [2.75, 3.05) is 18.5 Å². The summed E-state index contributed by atoms with van der Waals surface area (Å²) < 4.78 is 13.7. The summed E-state index contributed by atoms with van der Waals surface area (Å²) in [5, 5.41) is 9.34. The maximum atomic E-state index is 13.7. The van der Waals surface area contributed by atoms with Crippen LogP contribution in [0.1, 0.15) is 36.9 Å². The van der Waals surface area contributed by atoms with Crippen molar-refractivity contribution >= 4 is 5.69 Å². The van der Waals surface area contributed by atoms with Crippen LogP contribution in [0.25, 0.3) is 0 Å². The molecule has 106 valence electrons. The summed E-state index contributed by atoms with van der Waals surface area (Å²) in [5.41, 5.74) is 8.41. The molecule has 19 heavy (non-hydrogen) atoms. The van der Waals surface area contributed by atoms with Gasteiger partial charge >= 0.3 is 0 Å². The third-order valence-electron chi connectivity index (χ3n) is 3.95. The smallest absolute Gasteiger partial charge is 0.126 e. The van der Waals surface area contributed by atoms with Crippen LogP contribution in [0.5, 0.6) is 0 Å². The molecule has 3 nitrogen and oxygen atoms in total. The van der Waals surface area contributed by atoms with Crippen LogP contribution in [-0.2, 0) is 0 Å². The van der Waals surface area contributed by atoms with Gasteiger partial charge in [0.15, 0.2) is 0 Å².